The van der Waals surface area contributed by atoms with Crippen LogP contribution in [0.2, 0.25) is 0 Å². The van der Waals surface area contributed by atoms with E-state index in [1.54, 1.807) is 0 Å². The molecular weight excluding hydrogens is 288 g/mol. The third-order valence-electron chi connectivity index (χ3n) is 3.97. The van der Waals surface area contributed by atoms with Crippen molar-refractivity contribution in [2.75, 3.05) is 6.54 Å². The summed E-state index contributed by atoms with van der Waals surface area (Å²) in [6.07, 6.45) is 3.89. The van der Waals surface area contributed by atoms with Crippen molar-refractivity contribution in [1.29, 1.82) is 0 Å². The van der Waals surface area contributed by atoms with Crippen LogP contribution < -0.4 is 5.73 Å². The average Bonchev–Trinajstić information content (AvgIpc) is 2.46. The van der Waals surface area contributed by atoms with Gasteiger partial charge < -0.3 is 10.6 Å². The zero-order valence-corrected chi connectivity index (χ0v) is 13.8. The van der Waals surface area contributed by atoms with Crippen LogP contribution in [0.25, 0.3) is 0 Å². The lowest BCUT2D eigenvalue weighted by Crippen LogP contribution is -2.51. The van der Waals surface area contributed by atoms with Crippen LogP contribution >= 0.6 is 12.4 Å². The predicted molar refractivity (Wildman–Crippen MR) is 85.7 cm³/mol. The van der Waals surface area contributed by atoms with Crippen LogP contribution in [0.4, 0.5) is 0 Å². The standard InChI is InChI=1S/C15H24N4O.ClH/c1-4-13-12(9-10(2)17-18-13)15(20)19-8-6-5-7-14(19)11(3)16;/h9,11,14H,4-8,16H2,1-3H3;1H. The number of carbonyl (C=O) groups is 1. The van der Waals surface area contributed by atoms with Gasteiger partial charge in [-0.05, 0) is 45.6 Å². The molecule has 6 heteroatoms. The van der Waals surface area contributed by atoms with E-state index < -0.39 is 0 Å². The van der Waals surface area contributed by atoms with Crippen LogP contribution in [0.5, 0.6) is 0 Å². The summed E-state index contributed by atoms with van der Waals surface area (Å²) in [6.45, 7) is 6.63. The zero-order valence-electron chi connectivity index (χ0n) is 13.0. The molecule has 1 aromatic rings. The van der Waals surface area contributed by atoms with E-state index in [0.717, 1.165) is 37.2 Å². The Bertz CT molecular complexity index is 493. The summed E-state index contributed by atoms with van der Waals surface area (Å²) in [5.74, 6) is 0.0573. The summed E-state index contributed by atoms with van der Waals surface area (Å²) >= 11 is 0. The number of carbonyl (C=O) groups excluding carboxylic acids is 1. The Hall–Kier alpha value is -1.20. The summed E-state index contributed by atoms with van der Waals surface area (Å²) in [7, 11) is 0. The number of amides is 1. The number of aromatic nitrogens is 2. The highest BCUT2D eigenvalue weighted by Crippen LogP contribution is 2.22. The monoisotopic (exact) mass is 312 g/mol. The molecule has 118 valence electrons. The summed E-state index contributed by atoms with van der Waals surface area (Å²) < 4.78 is 0. The first-order valence-corrected chi connectivity index (χ1v) is 7.44. The maximum Gasteiger partial charge on any atom is 0.256 e. The maximum atomic E-state index is 12.8. The lowest BCUT2D eigenvalue weighted by Gasteiger charge is -2.38. The third-order valence-corrected chi connectivity index (χ3v) is 3.97. The largest absolute Gasteiger partial charge is 0.334 e. The second kappa shape index (κ2) is 7.71. The van der Waals surface area contributed by atoms with Gasteiger partial charge in [0, 0.05) is 18.6 Å². The number of hydrogen-bond donors (Lipinski definition) is 1. The van der Waals surface area contributed by atoms with Crippen LogP contribution in [0.3, 0.4) is 0 Å². The molecule has 21 heavy (non-hydrogen) atoms. The summed E-state index contributed by atoms with van der Waals surface area (Å²) in [6, 6.07) is 1.98. The van der Waals surface area contributed by atoms with Crippen molar-refractivity contribution < 1.29 is 4.79 Å². The average molecular weight is 313 g/mol. The Labute approximate surface area is 132 Å². The number of aryl methyl sites for hydroxylation is 2. The minimum absolute atomic E-state index is 0. The van der Waals surface area contributed by atoms with Gasteiger partial charge in [-0.1, -0.05) is 6.92 Å². The summed E-state index contributed by atoms with van der Waals surface area (Å²) in [4.78, 5) is 14.8. The highest BCUT2D eigenvalue weighted by molar-refractivity contribution is 5.95. The number of likely N-dealkylation sites (tertiary alicyclic amines) is 1. The molecule has 1 aromatic heterocycles. The molecule has 5 nitrogen and oxygen atoms in total. The van der Waals surface area contributed by atoms with Gasteiger partial charge in [-0.25, -0.2) is 0 Å². The van der Waals surface area contributed by atoms with Crippen molar-refractivity contribution in [2.24, 2.45) is 5.73 Å². The van der Waals surface area contributed by atoms with E-state index in [1.807, 2.05) is 31.7 Å². The molecule has 0 aliphatic carbocycles. The summed E-state index contributed by atoms with van der Waals surface area (Å²) in [5, 5.41) is 8.20. The van der Waals surface area contributed by atoms with Gasteiger partial charge in [0.2, 0.25) is 0 Å². The molecule has 2 rings (SSSR count). The topological polar surface area (TPSA) is 72.1 Å². The fourth-order valence-corrected chi connectivity index (χ4v) is 2.87. The van der Waals surface area contributed by atoms with E-state index >= 15 is 0 Å². The first-order chi connectivity index (χ1) is 9.54. The summed E-state index contributed by atoms with van der Waals surface area (Å²) in [5.41, 5.74) is 8.29. The van der Waals surface area contributed by atoms with Crippen LogP contribution in [-0.4, -0.2) is 39.6 Å². The smallest absolute Gasteiger partial charge is 0.256 e. The second-order valence-corrected chi connectivity index (χ2v) is 5.62. The van der Waals surface area contributed by atoms with E-state index in [4.69, 9.17) is 5.73 Å². The molecule has 1 amide bonds. The van der Waals surface area contributed by atoms with Crippen molar-refractivity contribution in [2.45, 2.75) is 58.5 Å². The molecule has 1 aliphatic heterocycles. The predicted octanol–water partition coefficient (Wildman–Crippen LogP) is 2.11. The van der Waals surface area contributed by atoms with E-state index in [1.165, 1.54) is 0 Å². The lowest BCUT2D eigenvalue weighted by atomic mass is 9.95. The van der Waals surface area contributed by atoms with Gasteiger partial charge >= 0.3 is 0 Å². The molecule has 2 atom stereocenters. The number of piperidine rings is 1. The van der Waals surface area contributed by atoms with E-state index in [9.17, 15) is 4.79 Å². The van der Waals surface area contributed by atoms with Crippen LogP contribution in [-0.2, 0) is 6.42 Å². The number of nitrogens with two attached hydrogens (primary N) is 1. The van der Waals surface area contributed by atoms with Gasteiger partial charge in [0.1, 0.15) is 0 Å². The molecule has 1 aliphatic rings. The Balaban J connectivity index is 0.00000220. The van der Waals surface area contributed by atoms with E-state index in [0.29, 0.717) is 12.0 Å². The normalized spacial score (nSPS) is 19.8. The van der Waals surface area contributed by atoms with Gasteiger partial charge in [-0.2, -0.15) is 10.2 Å². The van der Waals surface area contributed by atoms with Gasteiger partial charge in [0.15, 0.2) is 0 Å². The minimum atomic E-state index is 0. The molecule has 1 fully saturated rings. The van der Waals surface area contributed by atoms with Gasteiger partial charge in [0.05, 0.1) is 17.0 Å². The van der Waals surface area contributed by atoms with Crippen molar-refractivity contribution >= 4 is 18.3 Å². The zero-order chi connectivity index (χ0) is 14.7. The SMILES string of the molecule is CCc1nnc(C)cc1C(=O)N1CCCCC1C(C)N.Cl. The van der Waals surface area contributed by atoms with E-state index in [-0.39, 0.29) is 30.4 Å². The molecule has 0 spiro atoms. The highest BCUT2D eigenvalue weighted by atomic mass is 35.5. The quantitative estimate of drug-likeness (QED) is 0.928. The molecular formula is C15H25ClN4O. The van der Waals surface area contributed by atoms with Crippen molar-refractivity contribution in [3.8, 4) is 0 Å². The number of hydrogen-bond acceptors (Lipinski definition) is 4. The van der Waals surface area contributed by atoms with Crippen molar-refractivity contribution in [3.63, 3.8) is 0 Å². The first kappa shape index (κ1) is 17.9. The van der Waals surface area contributed by atoms with Crippen molar-refractivity contribution in [3.05, 3.63) is 23.0 Å². The Morgan fingerprint density at radius 1 is 1.48 bits per heavy atom. The third kappa shape index (κ3) is 3.92. The number of halogens is 1. The maximum absolute atomic E-state index is 12.8. The van der Waals surface area contributed by atoms with Gasteiger partial charge in [-0.3, -0.25) is 4.79 Å². The highest BCUT2D eigenvalue weighted by Gasteiger charge is 2.31. The van der Waals surface area contributed by atoms with Gasteiger partial charge in [-0.15, -0.1) is 12.4 Å². The molecule has 2 heterocycles. The molecule has 0 radical (unpaired) electrons. The molecule has 0 aromatic carbocycles. The van der Waals surface area contributed by atoms with Crippen LogP contribution in [0.15, 0.2) is 6.07 Å². The lowest BCUT2D eigenvalue weighted by molar-refractivity contribution is 0.0581. The Morgan fingerprint density at radius 2 is 2.19 bits per heavy atom. The van der Waals surface area contributed by atoms with Gasteiger partial charge in [0.25, 0.3) is 5.91 Å². The number of rotatable bonds is 3. The molecule has 2 N–H and O–H groups in total. The fraction of sp³-hybridized carbons (Fsp3) is 0.667. The van der Waals surface area contributed by atoms with Crippen LogP contribution in [0, 0.1) is 6.92 Å². The number of nitrogens with zero attached hydrogens (tertiary/aromatic N) is 3. The molecule has 0 bridgehead atoms. The Kier molecular flexibility index (Phi) is 6.55. The first-order valence-electron chi connectivity index (χ1n) is 7.44. The van der Waals surface area contributed by atoms with Crippen LogP contribution in [0.1, 0.15) is 54.9 Å². The fourth-order valence-electron chi connectivity index (χ4n) is 2.87. The Morgan fingerprint density at radius 3 is 2.81 bits per heavy atom. The van der Waals surface area contributed by atoms with Crippen molar-refractivity contribution in [1.82, 2.24) is 15.1 Å². The molecule has 2 unspecified atom stereocenters. The second-order valence-electron chi connectivity index (χ2n) is 5.62. The molecule has 0 saturated carbocycles. The molecule has 1 saturated heterocycles. The minimum Gasteiger partial charge on any atom is -0.334 e. The van der Waals surface area contributed by atoms with E-state index in [2.05, 4.69) is 10.2 Å².